The smallest absolute Gasteiger partial charge is 0.350 e. The van der Waals surface area contributed by atoms with Gasteiger partial charge in [0.2, 0.25) is 0 Å². The van der Waals surface area contributed by atoms with E-state index in [9.17, 15) is 14.4 Å². The first-order valence-electron chi connectivity index (χ1n) is 13.8. The van der Waals surface area contributed by atoms with E-state index in [0.29, 0.717) is 29.9 Å². The molecule has 2 aromatic heterocycles. The number of nitrogens with one attached hydrogen (secondary N) is 1. The maximum atomic E-state index is 11.4. The highest BCUT2D eigenvalue weighted by Gasteiger charge is 2.38. The average molecular weight is 588 g/mol. The predicted molar refractivity (Wildman–Crippen MR) is 161 cm³/mol. The number of imidazole rings is 1. The van der Waals surface area contributed by atoms with Crippen molar-refractivity contribution in [3.05, 3.63) is 120 Å². The van der Waals surface area contributed by atoms with Gasteiger partial charge in [-0.3, -0.25) is 4.57 Å². The monoisotopic (exact) mass is 587 g/mol. The first-order valence-corrected chi connectivity index (χ1v) is 15.6. The minimum Gasteiger partial charge on any atom is -0.369 e. The average Bonchev–Trinajstić information content (AvgIpc) is 3.45. The van der Waals surface area contributed by atoms with Gasteiger partial charge < -0.3 is 29.1 Å². The van der Waals surface area contributed by atoms with Gasteiger partial charge in [-0.2, -0.15) is 0 Å². The molecule has 218 valence electrons. The van der Waals surface area contributed by atoms with E-state index in [1.165, 1.54) is 6.33 Å². The summed E-state index contributed by atoms with van der Waals surface area (Å²) >= 11 is 0. The quantitative estimate of drug-likeness (QED) is 0.0894. The van der Waals surface area contributed by atoms with Gasteiger partial charge in [-0.1, -0.05) is 91.0 Å². The van der Waals surface area contributed by atoms with Crippen LogP contribution in [-0.4, -0.2) is 55.4 Å². The van der Waals surface area contributed by atoms with E-state index in [-0.39, 0.29) is 19.3 Å². The van der Waals surface area contributed by atoms with Crippen molar-refractivity contribution in [2.45, 2.75) is 25.0 Å². The lowest BCUT2D eigenvalue weighted by molar-refractivity contribution is -0.0107. The van der Waals surface area contributed by atoms with Crippen LogP contribution < -0.4 is 5.32 Å². The molecule has 0 saturated carbocycles. The highest BCUT2D eigenvalue weighted by atomic mass is 31.2. The van der Waals surface area contributed by atoms with Crippen LogP contribution in [0.2, 0.25) is 0 Å². The normalized spacial score (nSPS) is 12.8. The van der Waals surface area contributed by atoms with Crippen LogP contribution in [-0.2, 0) is 19.6 Å². The lowest BCUT2D eigenvalue weighted by Gasteiger charge is -2.37. The van der Waals surface area contributed by atoms with Crippen LogP contribution in [0.4, 0.5) is 5.82 Å². The number of rotatable bonds is 14. The predicted octanol–water partition coefficient (Wildman–Crippen LogP) is 5.35. The summed E-state index contributed by atoms with van der Waals surface area (Å²) in [7, 11) is -4.30. The van der Waals surface area contributed by atoms with Crippen LogP contribution in [0, 0.1) is 0 Å². The third kappa shape index (κ3) is 6.59. The Kier molecular flexibility index (Phi) is 9.41. The number of aromatic nitrogens is 4. The Bertz CT molecular complexity index is 1520. The molecule has 2 heterocycles. The SMILES string of the molecule is CCNc1ncnc2c1ncn2C(CCOCP(=O)(O)O)COC(c1ccccc1)(c1ccccc1)c1ccccc1. The van der Waals surface area contributed by atoms with Crippen molar-refractivity contribution in [2.75, 3.05) is 31.4 Å². The summed E-state index contributed by atoms with van der Waals surface area (Å²) in [6.45, 7) is 2.97. The summed E-state index contributed by atoms with van der Waals surface area (Å²) in [5.74, 6) is 0.630. The Morgan fingerprint density at radius 2 is 1.45 bits per heavy atom. The zero-order valence-corrected chi connectivity index (χ0v) is 24.2. The second-order valence-electron chi connectivity index (χ2n) is 9.81. The Balaban J connectivity index is 1.57. The van der Waals surface area contributed by atoms with Gasteiger partial charge in [-0.15, -0.1) is 0 Å². The van der Waals surface area contributed by atoms with Crippen LogP contribution in [0.15, 0.2) is 104 Å². The molecule has 0 fully saturated rings. The van der Waals surface area contributed by atoms with Gasteiger partial charge in [0.15, 0.2) is 11.5 Å². The van der Waals surface area contributed by atoms with Crippen LogP contribution in [0.1, 0.15) is 36.1 Å². The van der Waals surface area contributed by atoms with Crippen molar-refractivity contribution < 1.29 is 23.8 Å². The molecule has 0 radical (unpaired) electrons. The Hall–Kier alpha value is -3.92. The molecule has 0 spiro atoms. The number of ether oxygens (including phenoxy) is 2. The highest BCUT2D eigenvalue weighted by Crippen LogP contribution is 2.41. The summed E-state index contributed by atoms with van der Waals surface area (Å²) < 4.78 is 25.8. The van der Waals surface area contributed by atoms with E-state index < -0.39 is 19.5 Å². The number of hydrogen-bond donors (Lipinski definition) is 3. The van der Waals surface area contributed by atoms with Gasteiger partial charge in [-0.05, 0) is 30.0 Å². The Labute approximate surface area is 244 Å². The first kappa shape index (κ1) is 29.6. The molecular formula is C31H34N5O5P. The molecule has 11 heteroatoms. The molecule has 0 aliphatic rings. The number of benzene rings is 3. The summed E-state index contributed by atoms with van der Waals surface area (Å²) in [5, 5.41) is 3.22. The zero-order valence-electron chi connectivity index (χ0n) is 23.3. The van der Waals surface area contributed by atoms with Crippen molar-refractivity contribution in [1.82, 2.24) is 19.5 Å². The molecule has 3 N–H and O–H groups in total. The largest absolute Gasteiger partial charge is 0.369 e. The van der Waals surface area contributed by atoms with E-state index in [2.05, 4.69) is 56.7 Å². The van der Waals surface area contributed by atoms with E-state index in [1.54, 1.807) is 6.33 Å². The van der Waals surface area contributed by atoms with Crippen LogP contribution >= 0.6 is 7.60 Å². The molecule has 0 amide bonds. The molecule has 5 aromatic rings. The Morgan fingerprint density at radius 1 is 0.881 bits per heavy atom. The topological polar surface area (TPSA) is 132 Å². The lowest BCUT2D eigenvalue weighted by atomic mass is 9.80. The minimum absolute atomic E-state index is 0.0962. The first-order chi connectivity index (χ1) is 20.4. The fourth-order valence-electron chi connectivity index (χ4n) is 5.11. The summed E-state index contributed by atoms with van der Waals surface area (Å²) in [6, 6.07) is 29.9. The molecule has 0 saturated heterocycles. The van der Waals surface area contributed by atoms with Crippen molar-refractivity contribution in [1.29, 1.82) is 0 Å². The Morgan fingerprint density at radius 3 is 1.98 bits per heavy atom. The molecule has 0 bridgehead atoms. The van der Waals surface area contributed by atoms with Crippen molar-refractivity contribution in [2.24, 2.45) is 0 Å². The van der Waals surface area contributed by atoms with Gasteiger partial charge in [0.1, 0.15) is 23.8 Å². The van der Waals surface area contributed by atoms with Crippen molar-refractivity contribution in [3.63, 3.8) is 0 Å². The molecular weight excluding hydrogens is 553 g/mol. The molecule has 0 aliphatic carbocycles. The minimum atomic E-state index is -4.30. The number of fused-ring (bicyclic) bond motifs is 1. The molecule has 0 aliphatic heterocycles. The molecule has 5 rings (SSSR count). The van der Waals surface area contributed by atoms with E-state index >= 15 is 0 Å². The third-order valence-electron chi connectivity index (χ3n) is 6.98. The van der Waals surface area contributed by atoms with Gasteiger partial charge in [0.25, 0.3) is 0 Å². The van der Waals surface area contributed by atoms with Gasteiger partial charge in [0, 0.05) is 13.2 Å². The maximum Gasteiger partial charge on any atom is 0.350 e. The number of hydrogen-bond acceptors (Lipinski definition) is 7. The maximum absolute atomic E-state index is 11.4. The molecule has 10 nitrogen and oxygen atoms in total. The van der Waals surface area contributed by atoms with E-state index in [0.717, 1.165) is 16.7 Å². The highest BCUT2D eigenvalue weighted by molar-refractivity contribution is 7.51. The fraction of sp³-hybridized carbons (Fsp3) is 0.258. The van der Waals surface area contributed by atoms with Crippen molar-refractivity contribution in [3.8, 4) is 0 Å². The summed E-state index contributed by atoms with van der Waals surface area (Å²) in [4.78, 5) is 32.1. The molecule has 1 atom stereocenters. The van der Waals surface area contributed by atoms with Gasteiger partial charge >= 0.3 is 7.60 Å². The van der Waals surface area contributed by atoms with E-state index in [1.807, 2.05) is 66.1 Å². The second-order valence-corrected chi connectivity index (χ2v) is 11.4. The van der Waals surface area contributed by atoms with Crippen LogP contribution in [0.3, 0.4) is 0 Å². The number of anilines is 1. The van der Waals surface area contributed by atoms with Gasteiger partial charge in [0.05, 0.1) is 19.0 Å². The van der Waals surface area contributed by atoms with Crippen LogP contribution in [0.5, 0.6) is 0 Å². The van der Waals surface area contributed by atoms with Gasteiger partial charge in [-0.25, -0.2) is 15.0 Å². The molecule has 42 heavy (non-hydrogen) atoms. The summed E-state index contributed by atoms with van der Waals surface area (Å²) in [6.07, 6.45) is 2.93. The molecule has 3 aromatic carbocycles. The third-order valence-corrected chi connectivity index (χ3v) is 7.50. The van der Waals surface area contributed by atoms with Crippen molar-refractivity contribution >= 4 is 24.6 Å². The van der Waals surface area contributed by atoms with Crippen LogP contribution in [0.25, 0.3) is 11.2 Å². The standard InChI is InChI=1S/C31H34N5O5P/c1-2-32-29-28-30(34-21-33-29)36(22-35-28)27(18-19-40-23-42(37,38)39)20-41-31(24-12-6-3-7-13-24,25-14-8-4-9-15-25)26-16-10-5-11-17-26/h3-17,21-22,27H,2,18-20,23H2,1H3,(H,32,33,34)(H2,37,38,39). The fourth-order valence-corrected chi connectivity index (χ4v) is 5.48. The zero-order chi connectivity index (χ0) is 29.4. The summed E-state index contributed by atoms with van der Waals surface area (Å²) in [5.41, 5.74) is 3.19. The molecule has 1 unspecified atom stereocenters. The number of nitrogens with zero attached hydrogens (tertiary/aromatic N) is 4. The lowest BCUT2D eigenvalue weighted by Crippen LogP contribution is -2.35. The second kappa shape index (κ2) is 13.4. The van der Waals surface area contributed by atoms with E-state index in [4.69, 9.17) is 9.47 Å².